The summed E-state index contributed by atoms with van der Waals surface area (Å²) in [5.74, 6) is 0.516. The van der Waals surface area contributed by atoms with Crippen LogP contribution in [0.25, 0.3) is 0 Å². The largest absolute Gasteiger partial charge is 0.446 e. The van der Waals surface area contributed by atoms with Crippen LogP contribution >= 0.6 is 0 Å². The number of ether oxygens (including phenoxy) is 1. The Labute approximate surface area is 125 Å². The zero-order valence-corrected chi connectivity index (χ0v) is 13.0. The molecule has 1 unspecified atom stereocenters. The first-order valence-electron chi connectivity index (χ1n) is 7.45. The molecule has 1 aromatic rings. The van der Waals surface area contributed by atoms with E-state index in [0.29, 0.717) is 18.9 Å². The Morgan fingerprint density at radius 2 is 2.29 bits per heavy atom. The number of amides is 1. The van der Waals surface area contributed by atoms with Crippen molar-refractivity contribution in [1.82, 2.24) is 9.88 Å². The third kappa shape index (κ3) is 3.77. The van der Waals surface area contributed by atoms with Crippen molar-refractivity contribution in [2.75, 3.05) is 30.3 Å². The van der Waals surface area contributed by atoms with Gasteiger partial charge in [-0.05, 0) is 32.4 Å². The average Bonchev–Trinajstić information content (AvgIpc) is 2.48. The number of carbonyl (C=O) groups is 1. The lowest BCUT2D eigenvalue weighted by atomic mass is 10.2. The Morgan fingerprint density at radius 1 is 1.52 bits per heavy atom. The van der Waals surface area contributed by atoms with Gasteiger partial charge in [-0.2, -0.15) is 0 Å². The van der Waals surface area contributed by atoms with Crippen molar-refractivity contribution in [1.29, 1.82) is 0 Å². The van der Waals surface area contributed by atoms with Crippen molar-refractivity contribution < 1.29 is 9.53 Å². The topological polar surface area (TPSA) is 71.7 Å². The van der Waals surface area contributed by atoms with E-state index < -0.39 is 0 Å². The summed E-state index contributed by atoms with van der Waals surface area (Å²) in [6.45, 7) is 8.09. The van der Waals surface area contributed by atoms with Crippen LogP contribution < -0.4 is 10.6 Å². The molecular formula is C15H24N4O2. The van der Waals surface area contributed by atoms with Crippen molar-refractivity contribution in [3.05, 3.63) is 18.3 Å². The minimum atomic E-state index is -0.216. The molecule has 2 rings (SSSR count). The van der Waals surface area contributed by atoms with Gasteiger partial charge < -0.3 is 20.3 Å². The molecule has 0 aliphatic carbocycles. The summed E-state index contributed by atoms with van der Waals surface area (Å²) in [7, 11) is 0. The Bertz CT molecular complexity index is 477. The normalized spacial score (nSPS) is 20.2. The molecule has 2 heterocycles. The molecule has 1 fully saturated rings. The summed E-state index contributed by atoms with van der Waals surface area (Å²) >= 11 is 0. The second-order valence-corrected chi connectivity index (χ2v) is 5.53. The molecule has 0 aromatic carbocycles. The number of carbonyl (C=O) groups excluding carboxylic acids is 1. The Morgan fingerprint density at radius 3 is 2.86 bits per heavy atom. The van der Waals surface area contributed by atoms with Gasteiger partial charge in [-0.1, -0.05) is 6.92 Å². The quantitative estimate of drug-likeness (QED) is 0.923. The van der Waals surface area contributed by atoms with E-state index in [4.69, 9.17) is 10.5 Å². The number of nitrogens with two attached hydrogens (primary N) is 1. The molecule has 0 spiro atoms. The maximum absolute atomic E-state index is 12.1. The zero-order valence-electron chi connectivity index (χ0n) is 13.0. The van der Waals surface area contributed by atoms with Crippen LogP contribution in [0.2, 0.25) is 0 Å². The summed E-state index contributed by atoms with van der Waals surface area (Å²) in [6, 6.07) is 3.98. The zero-order chi connectivity index (χ0) is 15.4. The van der Waals surface area contributed by atoms with Crippen LogP contribution in [0.15, 0.2) is 18.3 Å². The van der Waals surface area contributed by atoms with Gasteiger partial charge in [0.15, 0.2) is 0 Å². The molecule has 116 valence electrons. The van der Waals surface area contributed by atoms with Gasteiger partial charge in [-0.25, -0.2) is 9.78 Å². The van der Waals surface area contributed by atoms with E-state index in [1.807, 2.05) is 19.9 Å². The average molecular weight is 292 g/mol. The number of hydrogen-bond acceptors (Lipinski definition) is 5. The van der Waals surface area contributed by atoms with E-state index in [9.17, 15) is 4.79 Å². The van der Waals surface area contributed by atoms with Crippen LogP contribution in [0.5, 0.6) is 0 Å². The highest BCUT2D eigenvalue weighted by molar-refractivity contribution is 5.68. The monoisotopic (exact) mass is 292 g/mol. The van der Waals surface area contributed by atoms with Crippen molar-refractivity contribution >= 4 is 17.6 Å². The molecule has 21 heavy (non-hydrogen) atoms. The molecule has 1 saturated heterocycles. The van der Waals surface area contributed by atoms with Crippen LogP contribution in [0, 0.1) is 0 Å². The second-order valence-electron chi connectivity index (χ2n) is 5.53. The first-order chi connectivity index (χ1) is 10.0. The number of rotatable bonds is 3. The van der Waals surface area contributed by atoms with Gasteiger partial charge in [-0.3, -0.25) is 0 Å². The van der Waals surface area contributed by atoms with Crippen LogP contribution in [-0.2, 0) is 4.74 Å². The van der Waals surface area contributed by atoms with Crippen LogP contribution in [-0.4, -0.2) is 47.8 Å². The van der Waals surface area contributed by atoms with Gasteiger partial charge in [0.05, 0.1) is 11.9 Å². The highest BCUT2D eigenvalue weighted by atomic mass is 16.6. The number of aromatic nitrogens is 1. The van der Waals surface area contributed by atoms with Crippen molar-refractivity contribution in [3.8, 4) is 0 Å². The molecular weight excluding hydrogens is 268 g/mol. The number of anilines is 2. The Balaban J connectivity index is 1.95. The molecule has 1 aliphatic heterocycles. The van der Waals surface area contributed by atoms with Crippen molar-refractivity contribution in [2.24, 2.45) is 0 Å². The fraction of sp³-hybridized carbons (Fsp3) is 0.600. The maximum Gasteiger partial charge on any atom is 0.410 e. The minimum Gasteiger partial charge on any atom is -0.446 e. The van der Waals surface area contributed by atoms with Crippen LogP contribution in [0.4, 0.5) is 16.3 Å². The standard InChI is InChI=1S/C15H24N4O2/c1-4-12(3)21-15(20)18-7-8-19(11(2)10-18)13-5-6-14(16)17-9-13/h5-6,9,11-12H,4,7-8,10H2,1-3H3,(H2,16,17)/t11?,12-/m0/s1. The molecule has 2 atom stereocenters. The lowest BCUT2D eigenvalue weighted by Gasteiger charge is -2.40. The first-order valence-corrected chi connectivity index (χ1v) is 7.45. The lowest BCUT2D eigenvalue weighted by Crippen LogP contribution is -2.54. The number of pyridine rings is 1. The fourth-order valence-corrected chi connectivity index (χ4v) is 2.40. The molecule has 1 aromatic heterocycles. The van der Waals surface area contributed by atoms with E-state index in [2.05, 4.69) is 16.8 Å². The summed E-state index contributed by atoms with van der Waals surface area (Å²) in [6.07, 6.45) is 2.36. The number of nitrogens with zero attached hydrogens (tertiary/aromatic N) is 3. The summed E-state index contributed by atoms with van der Waals surface area (Å²) < 4.78 is 5.38. The van der Waals surface area contributed by atoms with E-state index >= 15 is 0 Å². The lowest BCUT2D eigenvalue weighted by molar-refractivity contribution is 0.0636. The summed E-state index contributed by atoms with van der Waals surface area (Å²) in [4.78, 5) is 20.2. The smallest absolute Gasteiger partial charge is 0.410 e. The highest BCUT2D eigenvalue weighted by Gasteiger charge is 2.28. The van der Waals surface area contributed by atoms with Crippen LogP contribution in [0.3, 0.4) is 0 Å². The fourth-order valence-electron chi connectivity index (χ4n) is 2.40. The van der Waals surface area contributed by atoms with E-state index in [0.717, 1.165) is 18.7 Å². The van der Waals surface area contributed by atoms with Crippen molar-refractivity contribution in [2.45, 2.75) is 39.3 Å². The van der Waals surface area contributed by atoms with E-state index in [1.165, 1.54) is 0 Å². The van der Waals surface area contributed by atoms with Gasteiger partial charge in [0.1, 0.15) is 11.9 Å². The molecule has 6 heteroatoms. The molecule has 0 radical (unpaired) electrons. The van der Waals surface area contributed by atoms with E-state index in [-0.39, 0.29) is 18.2 Å². The van der Waals surface area contributed by atoms with Gasteiger partial charge in [-0.15, -0.1) is 0 Å². The Kier molecular flexibility index (Phi) is 4.88. The minimum absolute atomic E-state index is 0.0351. The summed E-state index contributed by atoms with van der Waals surface area (Å²) in [5.41, 5.74) is 6.65. The van der Waals surface area contributed by atoms with Crippen molar-refractivity contribution in [3.63, 3.8) is 0 Å². The van der Waals surface area contributed by atoms with Crippen LogP contribution in [0.1, 0.15) is 27.2 Å². The van der Waals surface area contributed by atoms with Gasteiger partial charge >= 0.3 is 6.09 Å². The molecule has 1 amide bonds. The third-order valence-electron chi connectivity index (χ3n) is 3.86. The predicted octanol–water partition coefficient (Wildman–Crippen LogP) is 2.11. The SMILES string of the molecule is CC[C@H](C)OC(=O)N1CCN(c2ccc(N)nc2)C(C)C1. The number of nitrogen functional groups attached to an aromatic ring is 1. The third-order valence-corrected chi connectivity index (χ3v) is 3.86. The molecule has 0 bridgehead atoms. The highest BCUT2D eigenvalue weighted by Crippen LogP contribution is 2.21. The molecule has 0 saturated carbocycles. The summed E-state index contributed by atoms with van der Waals surface area (Å²) in [5, 5.41) is 0. The first kappa shape index (κ1) is 15.4. The maximum atomic E-state index is 12.1. The Hall–Kier alpha value is -1.98. The molecule has 2 N–H and O–H groups in total. The number of piperazine rings is 1. The number of hydrogen-bond donors (Lipinski definition) is 1. The molecule has 6 nitrogen and oxygen atoms in total. The van der Waals surface area contributed by atoms with Gasteiger partial charge in [0.2, 0.25) is 0 Å². The van der Waals surface area contributed by atoms with E-state index in [1.54, 1.807) is 17.2 Å². The molecule has 1 aliphatic rings. The predicted molar refractivity (Wildman–Crippen MR) is 83.3 cm³/mol. The second kappa shape index (κ2) is 6.65. The van der Waals surface area contributed by atoms with Gasteiger partial charge in [0.25, 0.3) is 0 Å². The van der Waals surface area contributed by atoms with Gasteiger partial charge in [0, 0.05) is 25.7 Å².